The maximum Gasteiger partial charge on any atom is 0.326 e. The highest BCUT2D eigenvalue weighted by molar-refractivity contribution is 8.05. The van der Waals surface area contributed by atoms with E-state index >= 15 is 0 Å². The van der Waals surface area contributed by atoms with E-state index in [0.717, 1.165) is 25.3 Å². The summed E-state index contributed by atoms with van der Waals surface area (Å²) in [5, 5.41) is 0. The van der Waals surface area contributed by atoms with Crippen LogP contribution in [-0.4, -0.2) is 38.7 Å². The molecule has 0 unspecified atom stereocenters. The van der Waals surface area contributed by atoms with Crippen LogP contribution in [0.25, 0.3) is 0 Å². The van der Waals surface area contributed by atoms with Gasteiger partial charge in [-0.15, -0.1) is 0 Å². The molecule has 0 saturated heterocycles. The van der Waals surface area contributed by atoms with Gasteiger partial charge in [-0.25, -0.2) is 0 Å². The van der Waals surface area contributed by atoms with E-state index in [1.54, 1.807) is 48.5 Å². The Labute approximate surface area is 193 Å². The summed E-state index contributed by atoms with van der Waals surface area (Å²) < 4.78 is 36.7. The Morgan fingerprint density at radius 1 is 0.781 bits per heavy atom. The van der Waals surface area contributed by atoms with Gasteiger partial charge in [0.1, 0.15) is 0 Å². The third-order valence-corrected chi connectivity index (χ3v) is 10.6. The molecule has 0 amide bonds. The number of carbonyl (C=O) groups excluding carboxylic acids is 2. The van der Waals surface area contributed by atoms with Crippen LogP contribution >= 0.6 is 0 Å². The summed E-state index contributed by atoms with van der Waals surface area (Å²) in [5.41, 5.74) is -0.0402. The van der Waals surface area contributed by atoms with E-state index in [1.165, 1.54) is 0 Å². The molecule has 8 heteroatoms. The highest BCUT2D eigenvalue weighted by atomic mass is 32.2. The molecule has 0 heterocycles. The molecule has 0 bridgehead atoms. The monoisotopic (exact) mass is 476 g/mol. The Hall–Kier alpha value is -2.32. The van der Waals surface area contributed by atoms with Gasteiger partial charge in [-0.3, -0.25) is 18.0 Å². The first-order chi connectivity index (χ1) is 15.1. The number of ether oxygens (including phenoxy) is 2. The van der Waals surface area contributed by atoms with Crippen LogP contribution in [0, 0.1) is 31.1 Å². The van der Waals surface area contributed by atoms with Crippen LogP contribution < -0.4 is 0 Å². The number of methoxy groups -OCH3 is 2. The normalized spacial score (nSPS) is 20.3. The van der Waals surface area contributed by atoms with Crippen LogP contribution in [0.1, 0.15) is 25.0 Å². The van der Waals surface area contributed by atoms with Crippen molar-refractivity contribution in [3.63, 3.8) is 0 Å². The quantitative estimate of drug-likeness (QED) is 0.449. The SMILES string of the molecule is COC(=O)C1(C(=O)OC)[C@@H](C(C)C)C1([S@@](=O)c1ccc(C)cc1)[S@@](=O)c1ccc(C)cc1. The largest absolute Gasteiger partial charge is 0.468 e. The van der Waals surface area contributed by atoms with Crippen molar-refractivity contribution in [2.45, 2.75) is 41.6 Å². The van der Waals surface area contributed by atoms with Gasteiger partial charge in [0, 0.05) is 15.7 Å². The predicted molar refractivity (Wildman–Crippen MR) is 123 cm³/mol. The van der Waals surface area contributed by atoms with Gasteiger partial charge >= 0.3 is 11.9 Å². The molecular weight excluding hydrogens is 448 g/mol. The summed E-state index contributed by atoms with van der Waals surface area (Å²) in [5.74, 6) is -2.90. The predicted octanol–water partition coefficient (Wildman–Crippen LogP) is 3.53. The number of esters is 2. The Balaban J connectivity index is 2.35. The molecule has 1 saturated carbocycles. The van der Waals surface area contributed by atoms with E-state index in [0.29, 0.717) is 9.79 Å². The van der Waals surface area contributed by atoms with E-state index < -0.39 is 48.9 Å². The maximum absolute atomic E-state index is 14.2. The minimum Gasteiger partial charge on any atom is -0.468 e. The number of aryl methyl sites for hydroxylation is 2. The molecule has 0 spiro atoms. The molecule has 3 atom stereocenters. The zero-order valence-electron chi connectivity index (χ0n) is 19.0. The maximum atomic E-state index is 14.2. The van der Waals surface area contributed by atoms with Crippen molar-refractivity contribution in [3.8, 4) is 0 Å². The van der Waals surface area contributed by atoms with Gasteiger partial charge in [0.15, 0.2) is 9.49 Å². The molecule has 2 aromatic carbocycles. The smallest absolute Gasteiger partial charge is 0.326 e. The minimum atomic E-state index is -1.99. The van der Waals surface area contributed by atoms with Crippen molar-refractivity contribution < 1.29 is 27.5 Å². The van der Waals surface area contributed by atoms with Crippen LogP contribution in [0.3, 0.4) is 0 Å². The number of rotatable bonds is 7. The molecular formula is C24H28O6S2. The Morgan fingerprint density at radius 2 is 1.12 bits per heavy atom. The lowest BCUT2D eigenvalue weighted by Gasteiger charge is -2.22. The van der Waals surface area contributed by atoms with Gasteiger partial charge in [-0.05, 0) is 44.0 Å². The molecule has 1 aliphatic rings. The van der Waals surface area contributed by atoms with Crippen LogP contribution in [0.2, 0.25) is 0 Å². The van der Waals surface area contributed by atoms with Crippen molar-refractivity contribution in [1.29, 1.82) is 0 Å². The number of hydrogen-bond donors (Lipinski definition) is 0. The van der Waals surface area contributed by atoms with Crippen molar-refractivity contribution in [2.24, 2.45) is 17.3 Å². The lowest BCUT2D eigenvalue weighted by atomic mass is 9.97. The van der Waals surface area contributed by atoms with Crippen molar-refractivity contribution >= 4 is 33.5 Å². The number of hydrogen-bond acceptors (Lipinski definition) is 6. The van der Waals surface area contributed by atoms with Crippen LogP contribution in [0.5, 0.6) is 0 Å². The summed E-state index contributed by atoms with van der Waals surface area (Å²) >= 11 is 0. The molecule has 6 nitrogen and oxygen atoms in total. The zero-order valence-corrected chi connectivity index (χ0v) is 20.7. The van der Waals surface area contributed by atoms with E-state index in [1.807, 2.05) is 27.7 Å². The van der Waals surface area contributed by atoms with Gasteiger partial charge in [0.05, 0.1) is 35.8 Å². The molecule has 2 aromatic rings. The van der Waals surface area contributed by atoms with Gasteiger partial charge in [0.25, 0.3) is 0 Å². The summed E-state index contributed by atoms with van der Waals surface area (Å²) in [7, 11) is -1.66. The molecule has 32 heavy (non-hydrogen) atoms. The average Bonchev–Trinajstić information content (AvgIpc) is 3.45. The topological polar surface area (TPSA) is 86.7 Å². The van der Waals surface area contributed by atoms with Gasteiger partial charge < -0.3 is 9.47 Å². The van der Waals surface area contributed by atoms with Crippen molar-refractivity contribution in [1.82, 2.24) is 0 Å². The second-order valence-electron chi connectivity index (χ2n) is 8.34. The lowest BCUT2D eigenvalue weighted by molar-refractivity contribution is -0.162. The van der Waals surface area contributed by atoms with E-state index in [2.05, 4.69) is 0 Å². The average molecular weight is 477 g/mol. The fourth-order valence-electron chi connectivity index (χ4n) is 4.60. The van der Waals surface area contributed by atoms with Crippen LogP contribution in [0.4, 0.5) is 0 Å². The first-order valence-corrected chi connectivity index (χ1v) is 12.5. The van der Waals surface area contributed by atoms with Gasteiger partial charge in [-0.2, -0.15) is 0 Å². The second-order valence-corrected chi connectivity index (χ2v) is 11.9. The van der Waals surface area contributed by atoms with Crippen LogP contribution in [-0.2, 0) is 40.7 Å². The minimum absolute atomic E-state index is 0.308. The van der Waals surface area contributed by atoms with Crippen LogP contribution in [0.15, 0.2) is 58.3 Å². The Bertz CT molecular complexity index is 999. The summed E-state index contributed by atoms with van der Waals surface area (Å²) in [4.78, 5) is 27.2. The highest BCUT2D eigenvalue weighted by Gasteiger charge is 2.92. The van der Waals surface area contributed by atoms with Gasteiger partial charge in [0.2, 0.25) is 0 Å². The summed E-state index contributed by atoms with van der Waals surface area (Å²) in [6.07, 6.45) is 0. The zero-order chi connectivity index (χ0) is 23.8. The lowest BCUT2D eigenvalue weighted by Crippen LogP contribution is -2.42. The number of benzene rings is 2. The number of carbonyl (C=O) groups is 2. The summed E-state index contributed by atoms with van der Waals surface area (Å²) in [6.45, 7) is 7.42. The van der Waals surface area contributed by atoms with Gasteiger partial charge in [-0.1, -0.05) is 49.2 Å². The Kier molecular flexibility index (Phi) is 6.77. The highest BCUT2D eigenvalue weighted by Crippen LogP contribution is 2.72. The van der Waals surface area contributed by atoms with E-state index in [9.17, 15) is 18.0 Å². The molecule has 1 aliphatic carbocycles. The van der Waals surface area contributed by atoms with E-state index in [-0.39, 0.29) is 5.92 Å². The first kappa shape index (κ1) is 24.3. The standard InChI is InChI=1S/C24H28O6S2/c1-15(2)20-23(21(25)29-5,22(26)30-6)24(20,31(27)18-11-7-16(3)8-12-18)32(28)19-13-9-17(4)10-14-19/h7-15,20H,1-6H3/t20-,31+,32+/m1/s1. The fraction of sp³-hybridized carbons (Fsp3) is 0.417. The Morgan fingerprint density at radius 3 is 1.41 bits per heavy atom. The molecule has 0 aliphatic heterocycles. The molecule has 3 rings (SSSR count). The summed E-state index contributed by atoms with van der Waals surface area (Å²) in [6, 6.07) is 13.9. The molecule has 0 aromatic heterocycles. The third-order valence-electron chi connectivity index (χ3n) is 6.04. The second kappa shape index (κ2) is 8.90. The van der Waals surface area contributed by atoms with E-state index in [4.69, 9.17) is 9.47 Å². The fourth-order valence-corrected chi connectivity index (χ4v) is 9.60. The third kappa shape index (κ3) is 3.35. The molecule has 172 valence electrons. The van der Waals surface area contributed by atoms with Crippen molar-refractivity contribution in [3.05, 3.63) is 59.7 Å². The molecule has 0 N–H and O–H groups in total. The molecule has 1 fully saturated rings. The van der Waals surface area contributed by atoms with Crippen molar-refractivity contribution in [2.75, 3.05) is 14.2 Å². The first-order valence-electron chi connectivity index (χ1n) is 10.2. The molecule has 0 radical (unpaired) electrons.